The Labute approximate surface area is 70.4 Å². The third kappa shape index (κ3) is 4.81. The molecular formula is C4H8Li2O2. The number of carboxylic acids is 1. The second-order valence-electron chi connectivity index (χ2n) is 2.56. The van der Waals surface area contributed by atoms with Gasteiger partial charge >= 0.3 is 70.4 Å². The van der Waals surface area contributed by atoms with Gasteiger partial charge in [-0.2, -0.15) is 0 Å². The molecule has 0 rings (SSSR count). The molecule has 1 N–H and O–H groups in total. The van der Waals surface area contributed by atoms with Crippen molar-refractivity contribution in [1.82, 2.24) is 0 Å². The molecule has 0 radical (unpaired) electrons. The Balaban J connectivity index is 0. The van der Waals surface area contributed by atoms with Gasteiger partial charge in [0, 0.05) is 0 Å². The van der Waals surface area contributed by atoms with E-state index in [1.807, 2.05) is 0 Å². The Hall–Kier alpha value is 0.665. The van der Waals surface area contributed by atoms with Crippen LogP contribution in [-0.2, 0) is 4.79 Å². The van der Waals surface area contributed by atoms with Crippen LogP contribution < -0.4 is 0 Å². The first kappa shape index (κ1) is 11.5. The summed E-state index contributed by atoms with van der Waals surface area (Å²) < 4.78 is -0.583. The van der Waals surface area contributed by atoms with Crippen LogP contribution in [0, 0.1) is 0 Å². The second-order valence-corrected chi connectivity index (χ2v) is 2.56. The van der Waals surface area contributed by atoms with Crippen LogP contribution in [0.15, 0.2) is 0 Å². The Bertz CT molecular complexity index is 84.5. The van der Waals surface area contributed by atoms with E-state index >= 15 is 0 Å². The molecule has 0 aromatic heterocycles. The van der Waals surface area contributed by atoms with Crippen molar-refractivity contribution in [2.45, 2.75) is 17.9 Å². The van der Waals surface area contributed by atoms with Crippen molar-refractivity contribution in [2.24, 2.45) is 0 Å². The Morgan fingerprint density at radius 2 is 1.75 bits per heavy atom. The van der Waals surface area contributed by atoms with Crippen molar-refractivity contribution in [2.75, 3.05) is 0 Å². The van der Waals surface area contributed by atoms with Gasteiger partial charge in [-0.05, 0) is 0 Å². The number of carbonyl (C=O) groups is 1. The zero-order valence-electron chi connectivity index (χ0n) is 4.86. The Kier molecular flexibility index (Phi) is 5.22. The van der Waals surface area contributed by atoms with Crippen molar-refractivity contribution in [3.05, 3.63) is 0 Å². The van der Waals surface area contributed by atoms with Crippen molar-refractivity contribution < 1.29 is 9.90 Å². The molecule has 0 aliphatic rings. The zero-order valence-corrected chi connectivity index (χ0v) is 4.86. The summed E-state index contributed by atoms with van der Waals surface area (Å²) in [5.41, 5.74) is 0. The summed E-state index contributed by atoms with van der Waals surface area (Å²) in [7, 11) is 0. The molecule has 0 aromatic carbocycles. The van der Waals surface area contributed by atoms with Crippen molar-refractivity contribution in [1.29, 1.82) is 0 Å². The van der Waals surface area contributed by atoms with Gasteiger partial charge in [-0.3, -0.25) is 0 Å². The molecule has 4 heteroatoms. The monoisotopic (exact) mass is 102 g/mol. The Morgan fingerprint density at radius 1 is 1.62 bits per heavy atom. The standard InChI is InChI=1S/C4H7O2.2Li.H/c1-3(2)4(5)6;;;/h1-2H3,(H,5,6);;;. The molecule has 0 aromatic rings. The normalized spacial score (nSPS) is 10.0. The zero-order chi connectivity index (χ0) is 6.08. The summed E-state index contributed by atoms with van der Waals surface area (Å²) in [6, 6.07) is 0. The van der Waals surface area contributed by atoms with E-state index < -0.39 is 10.1 Å². The van der Waals surface area contributed by atoms with Crippen molar-refractivity contribution in [3.8, 4) is 0 Å². The van der Waals surface area contributed by atoms with Gasteiger partial charge in [-0.25, -0.2) is 0 Å². The van der Waals surface area contributed by atoms with Crippen LogP contribution in [0.2, 0.25) is 4.09 Å². The van der Waals surface area contributed by atoms with E-state index in [9.17, 15) is 4.79 Å². The summed E-state index contributed by atoms with van der Waals surface area (Å²) in [6.45, 7) is 3.32. The molecule has 0 aliphatic heterocycles. The van der Waals surface area contributed by atoms with Gasteiger partial charge in [0.05, 0.1) is 0 Å². The van der Waals surface area contributed by atoms with E-state index in [-0.39, 0.29) is 18.9 Å². The number of aliphatic carboxylic acids is 1. The molecule has 0 heterocycles. The Morgan fingerprint density at radius 3 is 1.75 bits per heavy atom. The van der Waals surface area contributed by atoms with Crippen LogP contribution in [0.25, 0.3) is 0 Å². The summed E-state index contributed by atoms with van der Waals surface area (Å²) >= 11 is 1.66. The minimum absolute atomic E-state index is 0. The van der Waals surface area contributed by atoms with Crippen LogP contribution in [0.1, 0.15) is 13.8 Å². The van der Waals surface area contributed by atoms with Gasteiger partial charge in [0.25, 0.3) is 0 Å². The third-order valence-electron chi connectivity index (χ3n) is 0.642. The summed E-state index contributed by atoms with van der Waals surface area (Å²) in [5, 5.41) is 8.25. The molecule has 0 saturated carbocycles. The van der Waals surface area contributed by atoms with E-state index in [0.717, 1.165) is 0 Å². The topological polar surface area (TPSA) is 37.3 Å². The molecule has 0 aliphatic carbocycles. The summed E-state index contributed by atoms with van der Waals surface area (Å²) in [6.07, 6.45) is 0. The van der Waals surface area contributed by atoms with E-state index in [1.54, 1.807) is 31.6 Å². The fraction of sp³-hybridized carbons (Fsp3) is 0.750. The molecule has 0 spiro atoms. The van der Waals surface area contributed by atoms with E-state index in [1.165, 1.54) is 0 Å². The van der Waals surface area contributed by atoms with Gasteiger partial charge in [0.2, 0.25) is 0 Å². The molecule has 0 unspecified atom stereocenters. The molecule has 0 amide bonds. The average molecular weight is 102 g/mol. The van der Waals surface area contributed by atoms with Gasteiger partial charge in [0.1, 0.15) is 0 Å². The first-order valence-corrected chi connectivity index (χ1v) is 2.18. The number of rotatable bonds is 1. The maximum absolute atomic E-state index is 10.0. The number of hydrogen-bond acceptors (Lipinski definition) is 1. The molecule has 0 bridgehead atoms. The predicted octanol–water partition coefficient (Wildman–Crippen LogP) is -0.210. The van der Waals surface area contributed by atoms with Crippen molar-refractivity contribution in [3.63, 3.8) is 0 Å². The number of carboxylic acid groups (broad SMARTS) is 1. The van der Waals surface area contributed by atoms with Crippen LogP contribution in [0.3, 0.4) is 0 Å². The molecule has 0 atom stereocenters. The van der Waals surface area contributed by atoms with Crippen LogP contribution in [0.5, 0.6) is 0 Å². The molecule has 8 heavy (non-hydrogen) atoms. The van der Waals surface area contributed by atoms with Gasteiger partial charge in [-0.1, -0.05) is 0 Å². The predicted molar refractivity (Wildman–Crippen MR) is 34.6 cm³/mol. The van der Waals surface area contributed by atoms with Crippen LogP contribution in [-0.4, -0.2) is 47.7 Å². The summed E-state index contributed by atoms with van der Waals surface area (Å²) in [5.74, 6) is -0.757. The molecule has 38 valence electrons. The fourth-order valence-corrected chi connectivity index (χ4v) is 0. The first-order valence-electron chi connectivity index (χ1n) is 2.18. The molecule has 0 fully saturated rings. The van der Waals surface area contributed by atoms with Gasteiger partial charge < -0.3 is 0 Å². The van der Waals surface area contributed by atoms with Gasteiger partial charge in [0.15, 0.2) is 0 Å². The second kappa shape index (κ2) is 3.64. The first-order chi connectivity index (χ1) is 2.94. The SMILES string of the molecule is [LiH].[Li][C](C)(C)C(=O)O. The van der Waals surface area contributed by atoms with E-state index in [4.69, 9.17) is 5.11 Å². The minimum atomic E-state index is -0.757. The fourth-order valence-electron chi connectivity index (χ4n) is 0. The van der Waals surface area contributed by atoms with E-state index in [2.05, 4.69) is 0 Å². The summed E-state index contributed by atoms with van der Waals surface area (Å²) in [4.78, 5) is 10.0. The molecule has 0 saturated heterocycles. The number of hydrogen-bond donors (Lipinski definition) is 1. The van der Waals surface area contributed by atoms with Crippen molar-refractivity contribution >= 4 is 42.5 Å². The molecule has 2 nitrogen and oxygen atoms in total. The van der Waals surface area contributed by atoms with Crippen LogP contribution >= 0.6 is 0 Å². The third-order valence-corrected chi connectivity index (χ3v) is 0.642. The van der Waals surface area contributed by atoms with Gasteiger partial charge in [-0.15, -0.1) is 0 Å². The maximum atomic E-state index is 10.0. The van der Waals surface area contributed by atoms with Crippen LogP contribution in [0.4, 0.5) is 0 Å². The average Bonchev–Trinajstić information content (AvgIpc) is 1.31. The molecular weight excluding hydrogens is 93.9 g/mol. The quantitative estimate of drug-likeness (QED) is 0.465. The van der Waals surface area contributed by atoms with E-state index in [0.29, 0.717) is 0 Å².